The lowest BCUT2D eigenvalue weighted by molar-refractivity contribution is 0.00578. The van der Waals surface area contributed by atoms with Crippen LogP contribution < -0.4 is 0 Å². The first-order chi connectivity index (χ1) is 10.9. The molecule has 0 spiro atoms. The fourth-order valence-corrected chi connectivity index (χ4v) is 3.03. The maximum Gasteiger partial charge on any atom is 0.525 e. The molecule has 1 aromatic rings. The van der Waals surface area contributed by atoms with Gasteiger partial charge in [0.1, 0.15) is 5.73 Å². The molecule has 0 saturated carbocycles. The van der Waals surface area contributed by atoms with Crippen molar-refractivity contribution >= 4 is 23.2 Å². The van der Waals surface area contributed by atoms with Crippen molar-refractivity contribution in [2.45, 2.75) is 43.8 Å². The Hall–Kier alpha value is -1.22. The van der Waals surface area contributed by atoms with Crippen LogP contribution in [0.4, 0.5) is 4.39 Å². The quantitative estimate of drug-likeness (QED) is 0.780. The van der Waals surface area contributed by atoms with Crippen LogP contribution in [0.25, 0.3) is 6.08 Å². The molecule has 0 aromatic heterocycles. The molecule has 0 amide bonds. The van der Waals surface area contributed by atoms with Gasteiger partial charge < -0.3 is 9.31 Å². The van der Waals surface area contributed by atoms with Gasteiger partial charge in [-0.25, -0.2) is 17.1 Å². The van der Waals surface area contributed by atoms with Gasteiger partial charge in [-0.3, -0.25) is 0 Å². The van der Waals surface area contributed by atoms with E-state index >= 15 is 0 Å². The number of halogens is 1. The van der Waals surface area contributed by atoms with Gasteiger partial charge in [-0.1, -0.05) is 12.1 Å². The SMILES string of the molecule is CN(C)S(=O)(=O)c1ccc(C=C(F)B2OC(C)(C)C(C)(C)O2)cc1. The van der Waals surface area contributed by atoms with Gasteiger partial charge in [-0.2, -0.15) is 0 Å². The minimum absolute atomic E-state index is 0.153. The number of hydrogen-bond acceptors (Lipinski definition) is 4. The molecule has 0 radical (unpaired) electrons. The van der Waals surface area contributed by atoms with Crippen LogP contribution in [0.15, 0.2) is 34.9 Å². The molecule has 0 bridgehead atoms. The minimum Gasteiger partial charge on any atom is -0.398 e. The third kappa shape index (κ3) is 3.56. The molecule has 1 aromatic carbocycles. The summed E-state index contributed by atoms with van der Waals surface area (Å²) in [5.74, 6) is 0. The second-order valence-electron chi connectivity index (χ2n) is 6.97. The van der Waals surface area contributed by atoms with Gasteiger partial charge in [0.25, 0.3) is 0 Å². The van der Waals surface area contributed by atoms with E-state index in [0.29, 0.717) is 5.56 Å². The predicted molar refractivity (Wildman–Crippen MR) is 92.5 cm³/mol. The molecule has 0 aliphatic carbocycles. The predicted octanol–water partition coefficient (Wildman–Crippen LogP) is 2.88. The number of hydrogen-bond donors (Lipinski definition) is 0. The van der Waals surface area contributed by atoms with Crippen LogP contribution in [-0.4, -0.2) is 45.1 Å². The van der Waals surface area contributed by atoms with Crippen LogP contribution in [0.2, 0.25) is 0 Å². The van der Waals surface area contributed by atoms with Crippen molar-refractivity contribution in [1.82, 2.24) is 4.31 Å². The van der Waals surface area contributed by atoms with Crippen molar-refractivity contribution in [2.24, 2.45) is 0 Å². The zero-order valence-corrected chi connectivity index (χ0v) is 15.6. The summed E-state index contributed by atoms with van der Waals surface area (Å²) in [6, 6.07) is 5.97. The summed E-state index contributed by atoms with van der Waals surface area (Å²) in [5.41, 5.74) is -1.27. The highest BCUT2D eigenvalue weighted by Crippen LogP contribution is 2.39. The number of sulfonamides is 1. The summed E-state index contributed by atoms with van der Waals surface area (Å²) in [5, 5.41) is 0. The van der Waals surface area contributed by atoms with E-state index in [0.717, 1.165) is 4.31 Å². The maximum absolute atomic E-state index is 14.4. The van der Waals surface area contributed by atoms with Crippen molar-refractivity contribution in [2.75, 3.05) is 14.1 Å². The highest BCUT2D eigenvalue weighted by molar-refractivity contribution is 7.89. The molecule has 0 atom stereocenters. The van der Waals surface area contributed by atoms with Crippen LogP contribution >= 0.6 is 0 Å². The van der Waals surface area contributed by atoms with Crippen molar-refractivity contribution in [1.29, 1.82) is 0 Å². The Bertz CT molecular complexity index is 726. The molecule has 2 rings (SSSR count). The van der Waals surface area contributed by atoms with E-state index in [9.17, 15) is 12.8 Å². The average molecular weight is 355 g/mol. The van der Waals surface area contributed by atoms with Gasteiger partial charge >= 0.3 is 7.12 Å². The van der Waals surface area contributed by atoms with Crippen LogP contribution in [0.3, 0.4) is 0 Å². The summed E-state index contributed by atoms with van der Waals surface area (Å²) in [7, 11) is -1.65. The van der Waals surface area contributed by atoms with E-state index < -0.39 is 34.1 Å². The minimum atomic E-state index is -3.50. The summed E-state index contributed by atoms with van der Waals surface area (Å²) < 4.78 is 50.9. The molecule has 1 saturated heterocycles. The third-order valence-corrected chi connectivity index (χ3v) is 6.27. The normalized spacial score (nSPS) is 20.7. The van der Waals surface area contributed by atoms with Crippen LogP contribution in [-0.2, 0) is 19.3 Å². The van der Waals surface area contributed by atoms with E-state index in [1.165, 1.54) is 32.3 Å². The molecule has 0 unspecified atom stereocenters. The van der Waals surface area contributed by atoms with Crippen molar-refractivity contribution in [3.8, 4) is 0 Å². The fourth-order valence-electron chi connectivity index (χ4n) is 2.13. The lowest BCUT2D eigenvalue weighted by atomic mass is 9.87. The van der Waals surface area contributed by atoms with E-state index in [1.807, 2.05) is 27.7 Å². The average Bonchev–Trinajstić information content (AvgIpc) is 2.68. The van der Waals surface area contributed by atoms with Crippen molar-refractivity contribution < 1.29 is 22.1 Å². The first kappa shape index (κ1) is 19.1. The van der Waals surface area contributed by atoms with E-state index in [2.05, 4.69) is 0 Å². The highest BCUT2D eigenvalue weighted by Gasteiger charge is 2.53. The van der Waals surface area contributed by atoms with Gasteiger partial charge in [0.05, 0.1) is 16.1 Å². The zero-order valence-electron chi connectivity index (χ0n) is 14.8. The topological polar surface area (TPSA) is 55.8 Å². The smallest absolute Gasteiger partial charge is 0.398 e. The van der Waals surface area contributed by atoms with Crippen molar-refractivity contribution in [3.05, 3.63) is 35.6 Å². The first-order valence-electron chi connectivity index (χ1n) is 7.62. The standard InChI is InChI=1S/C16H23BFNO4S/c1-15(2)16(3,4)23-17(22-15)14(18)11-12-7-9-13(10-8-12)24(20,21)19(5)6/h7-11H,1-6H3. The van der Waals surface area contributed by atoms with E-state index in [4.69, 9.17) is 9.31 Å². The Morgan fingerprint density at radius 1 is 1.08 bits per heavy atom. The monoisotopic (exact) mass is 355 g/mol. The van der Waals surface area contributed by atoms with Gasteiger partial charge in [0, 0.05) is 14.1 Å². The maximum atomic E-state index is 14.4. The number of nitrogens with zero attached hydrogens (tertiary/aromatic N) is 1. The number of benzene rings is 1. The summed E-state index contributed by atoms with van der Waals surface area (Å²) >= 11 is 0. The lowest BCUT2D eigenvalue weighted by Gasteiger charge is -2.32. The summed E-state index contributed by atoms with van der Waals surface area (Å²) in [4.78, 5) is 0.153. The number of rotatable bonds is 4. The zero-order chi connectivity index (χ0) is 18.3. The Morgan fingerprint density at radius 3 is 1.96 bits per heavy atom. The second kappa shape index (κ2) is 6.26. The first-order valence-corrected chi connectivity index (χ1v) is 9.06. The molecular formula is C16H23BFNO4S. The molecule has 8 heteroatoms. The Kier molecular flexibility index (Phi) is 4.98. The Balaban J connectivity index is 2.21. The Labute approximate surface area is 143 Å². The molecule has 0 N–H and O–H groups in total. The van der Waals surface area contributed by atoms with Gasteiger partial charge in [0.15, 0.2) is 0 Å². The van der Waals surface area contributed by atoms with Gasteiger partial charge in [-0.05, 0) is 51.5 Å². The van der Waals surface area contributed by atoms with Crippen molar-refractivity contribution in [3.63, 3.8) is 0 Å². The van der Waals surface area contributed by atoms with Gasteiger partial charge in [-0.15, -0.1) is 0 Å². The third-order valence-electron chi connectivity index (χ3n) is 4.44. The highest BCUT2D eigenvalue weighted by atomic mass is 32.2. The summed E-state index contributed by atoms with van der Waals surface area (Å²) in [6.07, 6.45) is 1.29. The molecule has 1 heterocycles. The lowest BCUT2D eigenvalue weighted by Crippen LogP contribution is -2.41. The molecule has 1 aliphatic rings. The van der Waals surface area contributed by atoms with Crippen LogP contribution in [0.1, 0.15) is 33.3 Å². The fraction of sp³-hybridized carbons (Fsp3) is 0.500. The van der Waals surface area contributed by atoms with Crippen LogP contribution in [0, 0.1) is 0 Å². The van der Waals surface area contributed by atoms with Gasteiger partial charge in [0.2, 0.25) is 10.0 Å². The van der Waals surface area contributed by atoms with E-state index in [-0.39, 0.29) is 4.90 Å². The van der Waals surface area contributed by atoms with E-state index in [1.54, 1.807) is 12.1 Å². The largest absolute Gasteiger partial charge is 0.525 e. The Morgan fingerprint density at radius 2 is 1.54 bits per heavy atom. The molecule has 24 heavy (non-hydrogen) atoms. The molecule has 5 nitrogen and oxygen atoms in total. The second-order valence-corrected chi connectivity index (χ2v) is 9.13. The molecule has 1 fully saturated rings. The molecular weight excluding hydrogens is 332 g/mol. The summed E-state index contributed by atoms with van der Waals surface area (Å²) in [6.45, 7) is 7.39. The molecule has 1 aliphatic heterocycles. The van der Waals surface area contributed by atoms with Crippen LogP contribution in [0.5, 0.6) is 0 Å². The molecule has 132 valence electrons.